The van der Waals surface area contributed by atoms with Crippen LogP contribution in [0, 0.1) is 10.1 Å². The number of nitrogens with one attached hydrogen (secondary N) is 2. The molecule has 2 aromatic carbocycles. The summed E-state index contributed by atoms with van der Waals surface area (Å²) in [7, 11) is 0. The monoisotopic (exact) mass is 488 g/mol. The number of nitrogens with zero attached hydrogens (tertiary/aromatic N) is 4. The number of aromatic nitrogens is 2. The van der Waals surface area contributed by atoms with Gasteiger partial charge in [-0.15, -0.1) is 0 Å². The predicted octanol–water partition coefficient (Wildman–Crippen LogP) is 4.30. The molecule has 0 radical (unpaired) electrons. The number of hydrazine groups is 1. The molecule has 0 saturated carbocycles. The van der Waals surface area contributed by atoms with Gasteiger partial charge >= 0.3 is 5.69 Å². The highest BCUT2D eigenvalue weighted by molar-refractivity contribution is 6.35. The van der Waals surface area contributed by atoms with Crippen molar-refractivity contribution in [1.29, 1.82) is 0 Å². The molecule has 12 heteroatoms. The van der Waals surface area contributed by atoms with E-state index in [1.54, 1.807) is 11.0 Å². The standard InChI is InChI=1S/C21H18Cl2N6O4/c22-14-7-8-17(15(23)10-14)33-11-18(30)26-27-20-19(29(31)32)21(25-12-24-20)28-9-3-5-13-4-1-2-6-16(13)28/h1-2,4,6-8,10,12H,3,5,9,11H2,(H,26,30)(H,24,25,27). The Hall–Kier alpha value is -3.63. The first kappa shape index (κ1) is 22.6. The van der Waals surface area contributed by atoms with Crippen molar-refractivity contribution in [2.75, 3.05) is 23.5 Å². The second-order valence-electron chi connectivity index (χ2n) is 7.07. The van der Waals surface area contributed by atoms with Gasteiger partial charge in [0.05, 0.1) is 9.95 Å². The molecule has 0 saturated heterocycles. The number of para-hydroxylation sites is 1. The molecule has 0 fully saturated rings. The van der Waals surface area contributed by atoms with Gasteiger partial charge in [-0.2, -0.15) is 0 Å². The van der Waals surface area contributed by atoms with Crippen LogP contribution in [-0.2, 0) is 11.2 Å². The van der Waals surface area contributed by atoms with Gasteiger partial charge in [0.2, 0.25) is 11.6 Å². The maximum Gasteiger partial charge on any atom is 0.355 e. The number of hydrogen-bond acceptors (Lipinski definition) is 8. The fraction of sp³-hybridized carbons (Fsp3) is 0.190. The number of halogens is 2. The quantitative estimate of drug-likeness (QED) is 0.372. The Balaban J connectivity index is 1.50. The second-order valence-corrected chi connectivity index (χ2v) is 7.92. The lowest BCUT2D eigenvalue weighted by Gasteiger charge is -2.30. The van der Waals surface area contributed by atoms with Crippen LogP contribution in [0.5, 0.6) is 5.75 Å². The first-order valence-electron chi connectivity index (χ1n) is 9.91. The largest absolute Gasteiger partial charge is 0.482 e. The number of amides is 1. The molecular weight excluding hydrogens is 471 g/mol. The Bertz CT molecular complexity index is 1210. The molecule has 1 amide bonds. The number of ether oxygens (including phenoxy) is 1. The number of aryl methyl sites for hydroxylation is 1. The van der Waals surface area contributed by atoms with Crippen LogP contribution in [-0.4, -0.2) is 34.0 Å². The van der Waals surface area contributed by atoms with Gasteiger partial charge in [-0.25, -0.2) is 9.97 Å². The molecule has 170 valence electrons. The fourth-order valence-corrected chi connectivity index (χ4v) is 3.94. The fourth-order valence-electron chi connectivity index (χ4n) is 3.48. The summed E-state index contributed by atoms with van der Waals surface area (Å²) in [5.41, 5.74) is 6.44. The molecular formula is C21H18Cl2N6O4. The Kier molecular flexibility index (Phi) is 6.76. The van der Waals surface area contributed by atoms with E-state index in [0.717, 1.165) is 24.1 Å². The zero-order valence-corrected chi connectivity index (χ0v) is 18.6. The van der Waals surface area contributed by atoms with E-state index < -0.39 is 10.8 Å². The molecule has 0 aliphatic carbocycles. The molecule has 2 heterocycles. The summed E-state index contributed by atoms with van der Waals surface area (Å²) in [5.74, 6) is -0.330. The minimum Gasteiger partial charge on any atom is -0.482 e. The lowest BCUT2D eigenvalue weighted by Crippen LogP contribution is -2.34. The number of anilines is 3. The maximum absolute atomic E-state index is 12.2. The molecule has 0 atom stereocenters. The molecule has 10 nitrogen and oxygen atoms in total. The van der Waals surface area contributed by atoms with Crippen LogP contribution in [0.15, 0.2) is 48.8 Å². The SMILES string of the molecule is O=C(COc1ccc(Cl)cc1Cl)NNc1ncnc(N2CCCc3ccccc32)c1[N+](=O)[O-]. The third-order valence-electron chi connectivity index (χ3n) is 4.92. The summed E-state index contributed by atoms with van der Waals surface area (Å²) in [4.78, 5) is 33.4. The van der Waals surface area contributed by atoms with E-state index in [1.807, 2.05) is 24.3 Å². The van der Waals surface area contributed by atoms with Crippen LogP contribution in [0.4, 0.5) is 23.0 Å². The molecule has 1 aliphatic rings. The Labute approximate surface area is 198 Å². The van der Waals surface area contributed by atoms with Crippen molar-refractivity contribution in [2.45, 2.75) is 12.8 Å². The van der Waals surface area contributed by atoms with E-state index in [2.05, 4.69) is 20.8 Å². The van der Waals surface area contributed by atoms with Crippen molar-refractivity contribution in [3.63, 3.8) is 0 Å². The average molecular weight is 489 g/mol. The number of carbonyl (C=O) groups is 1. The Morgan fingerprint density at radius 3 is 2.82 bits per heavy atom. The van der Waals surface area contributed by atoms with Crippen molar-refractivity contribution in [3.05, 3.63) is 74.5 Å². The zero-order valence-electron chi connectivity index (χ0n) is 17.1. The molecule has 1 aromatic heterocycles. The summed E-state index contributed by atoms with van der Waals surface area (Å²) < 4.78 is 5.36. The number of carbonyl (C=O) groups excluding carboxylic acids is 1. The molecule has 3 aromatic rings. The van der Waals surface area contributed by atoms with Crippen LogP contribution in [0.3, 0.4) is 0 Å². The van der Waals surface area contributed by atoms with Crippen LogP contribution in [0.1, 0.15) is 12.0 Å². The van der Waals surface area contributed by atoms with E-state index in [4.69, 9.17) is 27.9 Å². The Morgan fingerprint density at radius 2 is 2.03 bits per heavy atom. The number of benzene rings is 2. The second kappa shape index (κ2) is 9.88. The van der Waals surface area contributed by atoms with Gasteiger partial charge in [-0.3, -0.25) is 25.8 Å². The van der Waals surface area contributed by atoms with Gasteiger partial charge in [0.25, 0.3) is 5.91 Å². The van der Waals surface area contributed by atoms with Crippen molar-refractivity contribution >= 4 is 52.1 Å². The summed E-state index contributed by atoms with van der Waals surface area (Å²) in [6.07, 6.45) is 2.91. The minimum atomic E-state index is -0.598. The van der Waals surface area contributed by atoms with Gasteiger partial charge in [0, 0.05) is 17.3 Å². The topological polar surface area (TPSA) is 123 Å². The van der Waals surface area contributed by atoms with E-state index >= 15 is 0 Å². The molecule has 0 bridgehead atoms. The molecule has 1 aliphatic heterocycles. The van der Waals surface area contributed by atoms with Gasteiger partial charge in [0.15, 0.2) is 6.61 Å². The highest BCUT2D eigenvalue weighted by Gasteiger charge is 2.30. The Morgan fingerprint density at radius 1 is 1.21 bits per heavy atom. The molecule has 2 N–H and O–H groups in total. The highest BCUT2D eigenvalue weighted by Crippen LogP contribution is 2.39. The van der Waals surface area contributed by atoms with Gasteiger partial charge in [-0.1, -0.05) is 41.4 Å². The lowest BCUT2D eigenvalue weighted by molar-refractivity contribution is -0.383. The molecule has 0 unspecified atom stereocenters. The third kappa shape index (κ3) is 5.07. The highest BCUT2D eigenvalue weighted by atomic mass is 35.5. The number of hydrogen-bond donors (Lipinski definition) is 2. The van der Waals surface area contributed by atoms with Gasteiger partial charge in [0.1, 0.15) is 12.1 Å². The maximum atomic E-state index is 12.2. The summed E-state index contributed by atoms with van der Waals surface area (Å²) in [6.45, 7) is 0.177. The summed E-state index contributed by atoms with van der Waals surface area (Å²) in [5, 5.41) is 12.6. The zero-order chi connectivity index (χ0) is 23.4. The van der Waals surface area contributed by atoms with E-state index in [0.29, 0.717) is 11.6 Å². The first-order chi connectivity index (χ1) is 15.9. The van der Waals surface area contributed by atoms with Crippen molar-refractivity contribution in [2.24, 2.45) is 0 Å². The predicted molar refractivity (Wildman–Crippen MR) is 124 cm³/mol. The molecule has 0 spiro atoms. The van der Waals surface area contributed by atoms with Crippen molar-refractivity contribution in [3.8, 4) is 5.75 Å². The van der Waals surface area contributed by atoms with E-state index in [-0.39, 0.29) is 34.7 Å². The number of rotatable bonds is 7. The third-order valence-corrected chi connectivity index (χ3v) is 5.45. The van der Waals surface area contributed by atoms with Crippen molar-refractivity contribution < 1.29 is 14.5 Å². The first-order valence-corrected chi connectivity index (χ1v) is 10.7. The van der Waals surface area contributed by atoms with Crippen molar-refractivity contribution in [1.82, 2.24) is 15.4 Å². The van der Waals surface area contributed by atoms with Crippen LogP contribution >= 0.6 is 23.2 Å². The molecule has 4 rings (SSSR count). The summed E-state index contributed by atoms with van der Waals surface area (Å²) >= 11 is 11.8. The van der Waals surface area contributed by atoms with E-state index in [9.17, 15) is 14.9 Å². The normalized spacial score (nSPS) is 12.6. The average Bonchev–Trinajstić information content (AvgIpc) is 2.81. The van der Waals surface area contributed by atoms with Gasteiger partial charge < -0.3 is 9.64 Å². The van der Waals surface area contributed by atoms with Crippen LogP contribution in [0.2, 0.25) is 10.0 Å². The van der Waals surface area contributed by atoms with Crippen LogP contribution < -0.4 is 20.5 Å². The lowest BCUT2D eigenvalue weighted by atomic mass is 10.0. The number of fused-ring (bicyclic) bond motifs is 1. The number of nitro groups is 1. The summed E-state index contributed by atoms with van der Waals surface area (Å²) in [6, 6.07) is 12.3. The minimum absolute atomic E-state index is 0.142. The van der Waals surface area contributed by atoms with Gasteiger partial charge in [-0.05, 0) is 42.7 Å². The van der Waals surface area contributed by atoms with Crippen LogP contribution in [0.25, 0.3) is 0 Å². The van der Waals surface area contributed by atoms with E-state index in [1.165, 1.54) is 18.5 Å². The molecule has 33 heavy (non-hydrogen) atoms. The smallest absolute Gasteiger partial charge is 0.355 e.